The number of fused-ring (bicyclic) bond motifs is 6. The summed E-state index contributed by atoms with van der Waals surface area (Å²) in [6.07, 6.45) is 10.1. The first-order chi connectivity index (χ1) is 19.4. The summed E-state index contributed by atoms with van der Waals surface area (Å²) in [4.78, 5) is 39.8. The predicted octanol–water partition coefficient (Wildman–Crippen LogP) is 4.03. The van der Waals surface area contributed by atoms with E-state index in [1.807, 2.05) is 29.2 Å². The lowest BCUT2D eigenvalue weighted by atomic mass is 9.95. The van der Waals surface area contributed by atoms with Gasteiger partial charge in [0.2, 0.25) is 5.91 Å². The van der Waals surface area contributed by atoms with Crippen LogP contribution in [0.15, 0.2) is 61.4 Å². The first-order valence-electron chi connectivity index (χ1n) is 12.7. The van der Waals surface area contributed by atoms with Crippen molar-refractivity contribution < 1.29 is 14.0 Å². The van der Waals surface area contributed by atoms with Gasteiger partial charge in [0.05, 0.1) is 42.6 Å². The van der Waals surface area contributed by atoms with Gasteiger partial charge in [-0.25, -0.2) is 4.39 Å². The van der Waals surface area contributed by atoms with E-state index in [2.05, 4.69) is 28.5 Å². The number of terminal acetylenes is 1. The third-order valence-corrected chi connectivity index (χ3v) is 7.77. The molecule has 0 N–H and O–H groups in total. The number of nitrogens with zero attached hydrogens (tertiary/aromatic N) is 6. The highest BCUT2D eigenvalue weighted by molar-refractivity contribution is 6.12. The molecule has 2 aromatic heterocycles. The van der Waals surface area contributed by atoms with E-state index in [0.717, 1.165) is 10.8 Å². The Labute approximate surface area is 229 Å². The average Bonchev–Trinajstić information content (AvgIpc) is 2.98. The number of carbonyl (C=O) groups excluding carboxylic acids is 2. The zero-order chi connectivity index (χ0) is 28.1. The van der Waals surface area contributed by atoms with Crippen LogP contribution in [0.25, 0.3) is 32.9 Å². The molecule has 4 heterocycles. The van der Waals surface area contributed by atoms with Gasteiger partial charge in [-0.2, -0.15) is 5.26 Å². The van der Waals surface area contributed by atoms with Gasteiger partial charge in [-0.1, -0.05) is 42.8 Å². The molecular weight excluding hydrogens is 507 g/mol. The lowest BCUT2D eigenvalue weighted by Crippen LogP contribution is -2.66. The minimum Gasteiger partial charge on any atom is -0.354 e. The van der Waals surface area contributed by atoms with Crippen LogP contribution in [0.3, 0.4) is 0 Å². The third-order valence-electron chi connectivity index (χ3n) is 7.77. The molecule has 2 amide bonds. The molecule has 0 radical (unpaired) electrons. The highest BCUT2D eigenvalue weighted by Crippen LogP contribution is 2.44. The van der Waals surface area contributed by atoms with Gasteiger partial charge >= 0.3 is 0 Å². The summed E-state index contributed by atoms with van der Waals surface area (Å²) < 4.78 is 16.3. The van der Waals surface area contributed by atoms with Crippen molar-refractivity contribution in [3.63, 3.8) is 0 Å². The Morgan fingerprint density at radius 3 is 2.73 bits per heavy atom. The second-order valence-corrected chi connectivity index (χ2v) is 9.80. The van der Waals surface area contributed by atoms with Crippen LogP contribution in [0.1, 0.15) is 12.0 Å². The number of rotatable bonds is 3. The standard InChI is InChI=1S/C31H23FN6O2/c1-4-18-8-6-9-19-10-7-11-21(26(18)19)28-27(32)29-22(14-34-28)30-23(15-35-29)36(3)31(40)24-17-37(25(39)5-2)20(12-13-33)16-38(24)30/h1,5-11,14-15,20,24H,2,12,16-17H2,3H3. The molecule has 9 heteroatoms. The smallest absolute Gasteiger partial charge is 0.251 e. The fraction of sp³-hybridized carbons (Fsp3) is 0.194. The van der Waals surface area contributed by atoms with Crippen molar-refractivity contribution in [2.75, 3.05) is 29.9 Å². The van der Waals surface area contributed by atoms with Crippen LogP contribution >= 0.6 is 0 Å². The van der Waals surface area contributed by atoms with Gasteiger partial charge in [0.15, 0.2) is 5.82 Å². The van der Waals surface area contributed by atoms with E-state index in [4.69, 9.17) is 6.42 Å². The molecule has 2 atom stereocenters. The van der Waals surface area contributed by atoms with Gasteiger partial charge in [0, 0.05) is 41.7 Å². The number of pyridine rings is 2. The molecule has 6 rings (SSSR count). The maximum absolute atomic E-state index is 16.3. The maximum atomic E-state index is 16.3. The van der Waals surface area contributed by atoms with Crippen molar-refractivity contribution >= 4 is 44.9 Å². The number of nitriles is 1. The fourth-order valence-electron chi connectivity index (χ4n) is 5.85. The summed E-state index contributed by atoms with van der Waals surface area (Å²) in [5.74, 6) is 1.50. The number of benzene rings is 2. The summed E-state index contributed by atoms with van der Waals surface area (Å²) in [6.45, 7) is 3.85. The van der Waals surface area contributed by atoms with E-state index in [1.54, 1.807) is 25.4 Å². The lowest BCUT2D eigenvalue weighted by molar-refractivity contribution is -0.131. The zero-order valence-electron chi connectivity index (χ0n) is 21.6. The molecule has 2 aliphatic heterocycles. The van der Waals surface area contributed by atoms with Crippen LogP contribution in [0, 0.1) is 29.5 Å². The van der Waals surface area contributed by atoms with Crippen molar-refractivity contribution in [2.45, 2.75) is 18.5 Å². The van der Waals surface area contributed by atoms with E-state index in [-0.39, 0.29) is 42.5 Å². The number of anilines is 2. The fourth-order valence-corrected chi connectivity index (χ4v) is 5.85. The molecule has 2 aliphatic rings. The topological polar surface area (TPSA) is 93.4 Å². The SMILES string of the molecule is C#Cc1cccc2cccc(-c3ncc4c5c(cnc4c3F)N(C)C(=O)C3CN(C(=O)C=C)C(CC#N)CN53)c12. The molecule has 1 fully saturated rings. The summed E-state index contributed by atoms with van der Waals surface area (Å²) in [5, 5.41) is 11.5. The van der Waals surface area contributed by atoms with Gasteiger partial charge in [-0.15, -0.1) is 6.42 Å². The molecule has 1 saturated heterocycles. The van der Waals surface area contributed by atoms with Gasteiger partial charge in [0.1, 0.15) is 17.3 Å². The molecule has 8 nitrogen and oxygen atoms in total. The molecule has 4 aromatic rings. The Kier molecular flexibility index (Phi) is 5.93. The second kappa shape index (κ2) is 9.48. The van der Waals surface area contributed by atoms with Crippen LogP contribution in [-0.4, -0.2) is 58.9 Å². The number of aromatic nitrogens is 2. The largest absolute Gasteiger partial charge is 0.354 e. The number of likely N-dealkylation sites (N-methyl/N-ethyl adjacent to an activating group) is 1. The monoisotopic (exact) mass is 530 g/mol. The zero-order valence-corrected chi connectivity index (χ0v) is 21.6. The summed E-state index contributed by atoms with van der Waals surface area (Å²) in [6, 6.07) is 12.0. The molecule has 0 saturated carbocycles. The maximum Gasteiger partial charge on any atom is 0.251 e. The molecule has 0 bridgehead atoms. The number of piperazine rings is 1. The number of halogens is 1. The van der Waals surface area contributed by atoms with Gasteiger partial charge in [-0.05, 0) is 17.5 Å². The van der Waals surface area contributed by atoms with E-state index in [1.165, 1.54) is 22.1 Å². The van der Waals surface area contributed by atoms with Gasteiger partial charge < -0.3 is 14.7 Å². The van der Waals surface area contributed by atoms with E-state index >= 15 is 4.39 Å². The normalized spacial score (nSPS) is 18.2. The summed E-state index contributed by atoms with van der Waals surface area (Å²) in [5.41, 5.74) is 2.50. The number of carbonyl (C=O) groups is 2. The highest BCUT2D eigenvalue weighted by atomic mass is 19.1. The van der Waals surface area contributed by atoms with Crippen molar-refractivity contribution in [3.8, 4) is 29.7 Å². The van der Waals surface area contributed by atoms with E-state index in [9.17, 15) is 14.9 Å². The first-order valence-corrected chi connectivity index (χ1v) is 12.7. The number of hydrogen-bond donors (Lipinski definition) is 0. The van der Waals surface area contributed by atoms with Crippen molar-refractivity contribution in [1.82, 2.24) is 14.9 Å². The minimum atomic E-state index is -0.721. The van der Waals surface area contributed by atoms with Crippen LogP contribution in [-0.2, 0) is 9.59 Å². The number of amides is 2. The van der Waals surface area contributed by atoms with Gasteiger partial charge in [0.25, 0.3) is 5.91 Å². The average molecular weight is 531 g/mol. The third kappa shape index (κ3) is 3.59. The van der Waals surface area contributed by atoms with Crippen molar-refractivity contribution in [2.24, 2.45) is 0 Å². The van der Waals surface area contributed by atoms with E-state index < -0.39 is 17.9 Å². The van der Waals surface area contributed by atoms with Crippen LogP contribution in [0.5, 0.6) is 0 Å². The van der Waals surface area contributed by atoms with Gasteiger partial charge in [-0.3, -0.25) is 19.6 Å². The van der Waals surface area contributed by atoms with E-state index in [0.29, 0.717) is 27.9 Å². The van der Waals surface area contributed by atoms with Crippen molar-refractivity contribution in [3.05, 3.63) is 72.8 Å². The highest BCUT2D eigenvalue weighted by Gasteiger charge is 2.45. The van der Waals surface area contributed by atoms with Crippen LogP contribution < -0.4 is 9.80 Å². The molecule has 2 aromatic carbocycles. The molecular formula is C31H23FN6O2. The lowest BCUT2D eigenvalue weighted by Gasteiger charge is -2.50. The molecule has 0 spiro atoms. The Morgan fingerprint density at radius 2 is 2.00 bits per heavy atom. The molecule has 40 heavy (non-hydrogen) atoms. The quantitative estimate of drug-likeness (QED) is 0.293. The first kappa shape index (κ1) is 25.0. The summed E-state index contributed by atoms with van der Waals surface area (Å²) >= 11 is 0. The number of hydrogen-bond acceptors (Lipinski definition) is 6. The Bertz CT molecular complexity index is 1830. The Hall–Kier alpha value is -5.28. The predicted molar refractivity (Wildman–Crippen MR) is 151 cm³/mol. The Balaban J connectivity index is 1.55. The molecule has 0 aliphatic carbocycles. The Morgan fingerprint density at radius 1 is 1.23 bits per heavy atom. The van der Waals surface area contributed by atoms with Crippen LogP contribution in [0.2, 0.25) is 0 Å². The summed E-state index contributed by atoms with van der Waals surface area (Å²) in [7, 11) is 1.63. The minimum absolute atomic E-state index is 0.0700. The molecule has 2 unspecified atom stereocenters. The van der Waals surface area contributed by atoms with Crippen LogP contribution in [0.4, 0.5) is 15.8 Å². The molecule has 196 valence electrons. The van der Waals surface area contributed by atoms with Crippen molar-refractivity contribution in [1.29, 1.82) is 5.26 Å². The second-order valence-electron chi connectivity index (χ2n) is 9.80.